The summed E-state index contributed by atoms with van der Waals surface area (Å²) in [7, 11) is 0. The van der Waals surface area contributed by atoms with Crippen LogP contribution in [0.2, 0.25) is 5.02 Å². The zero-order valence-electron chi connectivity index (χ0n) is 8.92. The van der Waals surface area contributed by atoms with Crippen molar-refractivity contribution in [3.05, 3.63) is 34.9 Å². The van der Waals surface area contributed by atoms with Crippen molar-refractivity contribution in [3.63, 3.8) is 0 Å². The first-order valence-electron chi connectivity index (χ1n) is 5.38. The Morgan fingerprint density at radius 1 is 1.33 bits per heavy atom. The van der Waals surface area contributed by atoms with Gasteiger partial charge in [-0.15, -0.1) is 0 Å². The quantitative estimate of drug-likeness (QED) is 0.708. The Hall–Kier alpha value is -0.820. The average molecular weight is 223 g/mol. The molecule has 1 saturated carbocycles. The molecule has 0 radical (unpaired) electrons. The lowest BCUT2D eigenvalue weighted by atomic mass is 9.70. The van der Waals surface area contributed by atoms with Gasteiger partial charge in [0.1, 0.15) is 5.78 Å². The molecule has 0 aromatic heterocycles. The molecule has 0 unspecified atom stereocenters. The third-order valence-corrected chi connectivity index (χ3v) is 3.63. The smallest absolute Gasteiger partial charge is 0.133 e. The maximum Gasteiger partial charge on any atom is 0.133 e. The molecule has 1 aromatic carbocycles. The van der Waals surface area contributed by atoms with Crippen LogP contribution >= 0.6 is 11.6 Å². The van der Waals surface area contributed by atoms with Crippen LogP contribution in [0.5, 0.6) is 0 Å². The highest BCUT2D eigenvalue weighted by Gasteiger charge is 2.33. The largest absolute Gasteiger partial charge is 0.300 e. The van der Waals surface area contributed by atoms with Crippen LogP contribution in [0, 0.1) is 0 Å². The molecule has 80 valence electrons. The van der Waals surface area contributed by atoms with Crippen LogP contribution in [0.1, 0.15) is 38.2 Å². The van der Waals surface area contributed by atoms with Crippen LogP contribution in [-0.4, -0.2) is 5.78 Å². The Labute approximate surface area is 95.4 Å². The second kappa shape index (κ2) is 3.97. The number of halogens is 1. The second-order valence-electron chi connectivity index (χ2n) is 4.61. The van der Waals surface area contributed by atoms with Gasteiger partial charge in [-0.1, -0.05) is 36.7 Å². The first-order valence-corrected chi connectivity index (χ1v) is 5.76. The third-order valence-electron chi connectivity index (χ3n) is 3.30. The fourth-order valence-electron chi connectivity index (χ4n) is 2.47. The van der Waals surface area contributed by atoms with Crippen molar-refractivity contribution >= 4 is 17.4 Å². The van der Waals surface area contributed by atoms with Crippen molar-refractivity contribution in [1.82, 2.24) is 0 Å². The van der Waals surface area contributed by atoms with E-state index in [4.69, 9.17) is 11.6 Å². The van der Waals surface area contributed by atoms with E-state index < -0.39 is 0 Å². The Kier molecular flexibility index (Phi) is 2.83. The molecule has 0 aliphatic heterocycles. The van der Waals surface area contributed by atoms with Gasteiger partial charge in [0.25, 0.3) is 0 Å². The van der Waals surface area contributed by atoms with Crippen LogP contribution < -0.4 is 0 Å². The number of Topliss-reactive ketones (excluding diaryl/α,β-unsaturated/α-hetero) is 1. The molecule has 0 saturated heterocycles. The van der Waals surface area contributed by atoms with E-state index in [2.05, 4.69) is 6.92 Å². The van der Waals surface area contributed by atoms with Crippen LogP contribution in [0.15, 0.2) is 24.3 Å². The molecular formula is C13H15ClO. The molecule has 1 aliphatic carbocycles. The van der Waals surface area contributed by atoms with E-state index in [0.717, 1.165) is 29.8 Å². The summed E-state index contributed by atoms with van der Waals surface area (Å²) in [5, 5.41) is 0.787. The Bertz CT molecular complexity index is 386. The highest BCUT2D eigenvalue weighted by atomic mass is 35.5. The molecule has 2 rings (SSSR count). The second-order valence-corrected chi connectivity index (χ2v) is 5.02. The average Bonchev–Trinajstić information content (AvgIpc) is 2.17. The van der Waals surface area contributed by atoms with Gasteiger partial charge in [0.2, 0.25) is 0 Å². The Morgan fingerprint density at radius 3 is 2.73 bits per heavy atom. The molecule has 1 atom stereocenters. The Balaban J connectivity index is 2.36. The predicted octanol–water partition coefficient (Wildman–Crippen LogP) is 3.74. The fourth-order valence-corrected chi connectivity index (χ4v) is 2.83. The van der Waals surface area contributed by atoms with Gasteiger partial charge < -0.3 is 0 Å². The zero-order valence-corrected chi connectivity index (χ0v) is 9.68. The number of ketones is 1. The van der Waals surface area contributed by atoms with E-state index in [-0.39, 0.29) is 5.41 Å². The molecule has 0 spiro atoms. The molecule has 1 aromatic rings. The molecule has 0 N–H and O–H groups in total. The standard InChI is InChI=1S/C13H15ClO/c1-13(8-4-5-10(15)9-13)11-6-2-3-7-12(11)14/h2-3,6-7H,4-5,8-9H2,1H3/t13-/m1/s1. The number of benzene rings is 1. The Morgan fingerprint density at radius 2 is 2.07 bits per heavy atom. The minimum Gasteiger partial charge on any atom is -0.300 e. The monoisotopic (exact) mass is 222 g/mol. The van der Waals surface area contributed by atoms with E-state index >= 15 is 0 Å². The highest BCUT2D eigenvalue weighted by Crippen LogP contribution is 2.40. The van der Waals surface area contributed by atoms with E-state index in [1.807, 2.05) is 24.3 Å². The molecule has 0 heterocycles. The summed E-state index contributed by atoms with van der Waals surface area (Å²) in [5.41, 5.74) is 1.08. The highest BCUT2D eigenvalue weighted by molar-refractivity contribution is 6.31. The minimum absolute atomic E-state index is 0.0479. The summed E-state index contributed by atoms with van der Waals surface area (Å²) in [5.74, 6) is 0.365. The van der Waals surface area contributed by atoms with Gasteiger partial charge in [0.05, 0.1) is 0 Å². The van der Waals surface area contributed by atoms with Crippen molar-refractivity contribution < 1.29 is 4.79 Å². The molecular weight excluding hydrogens is 208 g/mol. The summed E-state index contributed by atoms with van der Waals surface area (Å²) in [4.78, 5) is 11.5. The summed E-state index contributed by atoms with van der Waals surface area (Å²) < 4.78 is 0. The first kappa shape index (κ1) is 10.7. The SMILES string of the molecule is C[C@@]1(c2ccccc2Cl)CCCC(=O)C1. The molecule has 2 heteroatoms. The predicted molar refractivity (Wildman–Crippen MR) is 62.3 cm³/mol. The summed E-state index contributed by atoms with van der Waals surface area (Å²) in [6, 6.07) is 7.87. The number of hydrogen-bond donors (Lipinski definition) is 0. The van der Waals surface area contributed by atoms with E-state index in [9.17, 15) is 4.79 Å². The molecule has 1 nitrogen and oxygen atoms in total. The molecule has 1 aliphatic rings. The van der Waals surface area contributed by atoms with Gasteiger partial charge in [0.15, 0.2) is 0 Å². The third kappa shape index (κ3) is 2.07. The molecule has 15 heavy (non-hydrogen) atoms. The van der Waals surface area contributed by atoms with Gasteiger partial charge in [-0.3, -0.25) is 4.79 Å². The van der Waals surface area contributed by atoms with Gasteiger partial charge in [-0.05, 0) is 24.5 Å². The van der Waals surface area contributed by atoms with Gasteiger partial charge in [-0.25, -0.2) is 0 Å². The molecule has 0 amide bonds. The summed E-state index contributed by atoms with van der Waals surface area (Å²) in [6.45, 7) is 2.14. The van der Waals surface area contributed by atoms with E-state index in [1.165, 1.54) is 0 Å². The van der Waals surface area contributed by atoms with Crippen LogP contribution in [0.25, 0.3) is 0 Å². The lowest BCUT2D eigenvalue weighted by Gasteiger charge is -2.33. The summed E-state index contributed by atoms with van der Waals surface area (Å²) in [6.07, 6.45) is 3.42. The minimum atomic E-state index is -0.0479. The van der Waals surface area contributed by atoms with Gasteiger partial charge >= 0.3 is 0 Å². The maximum absolute atomic E-state index is 11.5. The first-order chi connectivity index (χ1) is 7.12. The number of carbonyl (C=O) groups is 1. The normalized spacial score (nSPS) is 26.7. The van der Waals surface area contributed by atoms with Crippen LogP contribution in [0.4, 0.5) is 0 Å². The van der Waals surface area contributed by atoms with E-state index in [0.29, 0.717) is 12.2 Å². The maximum atomic E-state index is 11.5. The van der Waals surface area contributed by atoms with Crippen molar-refractivity contribution in [2.45, 2.75) is 38.0 Å². The zero-order chi connectivity index (χ0) is 10.9. The van der Waals surface area contributed by atoms with E-state index in [1.54, 1.807) is 0 Å². The van der Waals surface area contributed by atoms with Crippen LogP contribution in [-0.2, 0) is 10.2 Å². The number of carbonyl (C=O) groups excluding carboxylic acids is 1. The topological polar surface area (TPSA) is 17.1 Å². The lowest BCUT2D eigenvalue weighted by Crippen LogP contribution is -2.30. The lowest BCUT2D eigenvalue weighted by molar-refractivity contribution is -0.121. The number of rotatable bonds is 1. The van der Waals surface area contributed by atoms with Crippen molar-refractivity contribution in [2.75, 3.05) is 0 Å². The fraction of sp³-hybridized carbons (Fsp3) is 0.462. The van der Waals surface area contributed by atoms with Crippen molar-refractivity contribution in [1.29, 1.82) is 0 Å². The molecule has 0 bridgehead atoms. The molecule has 1 fully saturated rings. The van der Waals surface area contributed by atoms with Gasteiger partial charge in [-0.2, -0.15) is 0 Å². The number of hydrogen-bond acceptors (Lipinski definition) is 1. The van der Waals surface area contributed by atoms with Crippen molar-refractivity contribution in [2.24, 2.45) is 0 Å². The van der Waals surface area contributed by atoms with Crippen LogP contribution in [0.3, 0.4) is 0 Å². The van der Waals surface area contributed by atoms with Gasteiger partial charge in [0, 0.05) is 23.3 Å². The van der Waals surface area contributed by atoms with Crippen molar-refractivity contribution in [3.8, 4) is 0 Å². The summed E-state index contributed by atoms with van der Waals surface area (Å²) >= 11 is 6.18.